The number of nitrogens with one attached hydrogen (secondary N) is 1. The van der Waals surface area contributed by atoms with E-state index in [0.29, 0.717) is 0 Å². The number of para-hydroxylation sites is 1. The number of aryl methyl sites for hydroxylation is 1. The summed E-state index contributed by atoms with van der Waals surface area (Å²) in [6.07, 6.45) is 3.80. The first-order chi connectivity index (χ1) is 9.33. The molecule has 0 fully saturated rings. The number of aromatic nitrogens is 1. The molecule has 0 spiro atoms. The topological polar surface area (TPSA) is 34.1 Å². The maximum atomic E-state index is 5.94. The molecule has 3 heteroatoms. The molecule has 1 N–H and O–H groups in total. The van der Waals surface area contributed by atoms with Crippen LogP contribution in [-0.2, 0) is 6.42 Å². The van der Waals surface area contributed by atoms with E-state index in [1.807, 2.05) is 30.3 Å². The smallest absolute Gasteiger partial charge is 0.132 e. The van der Waals surface area contributed by atoms with Crippen LogP contribution in [0.4, 0.5) is 5.82 Å². The summed E-state index contributed by atoms with van der Waals surface area (Å²) in [7, 11) is 0. The van der Waals surface area contributed by atoms with Crippen LogP contribution in [0.5, 0.6) is 11.5 Å². The van der Waals surface area contributed by atoms with Gasteiger partial charge in [0, 0.05) is 18.8 Å². The van der Waals surface area contributed by atoms with Gasteiger partial charge in [0.2, 0.25) is 0 Å². The molecule has 3 nitrogen and oxygen atoms in total. The van der Waals surface area contributed by atoms with Crippen LogP contribution in [0.2, 0.25) is 0 Å². The molecule has 2 aromatic rings. The van der Waals surface area contributed by atoms with E-state index in [-0.39, 0.29) is 0 Å². The van der Waals surface area contributed by atoms with E-state index >= 15 is 0 Å². The Morgan fingerprint density at radius 3 is 2.79 bits per heavy atom. The minimum absolute atomic E-state index is 0.814. The molecule has 0 aliphatic carbocycles. The number of nitrogens with zero attached hydrogens (tertiary/aromatic N) is 1. The van der Waals surface area contributed by atoms with Gasteiger partial charge in [-0.05, 0) is 30.5 Å². The molecule has 0 saturated heterocycles. The van der Waals surface area contributed by atoms with Crippen molar-refractivity contribution in [2.24, 2.45) is 0 Å². The third-order valence-electron chi connectivity index (χ3n) is 2.87. The highest BCUT2D eigenvalue weighted by Gasteiger charge is 2.03. The average molecular weight is 256 g/mol. The molecule has 2 rings (SSSR count). The van der Waals surface area contributed by atoms with E-state index in [1.165, 1.54) is 5.56 Å². The van der Waals surface area contributed by atoms with Gasteiger partial charge in [-0.1, -0.05) is 32.0 Å². The summed E-state index contributed by atoms with van der Waals surface area (Å²) in [6, 6.07) is 11.9. The van der Waals surface area contributed by atoms with Gasteiger partial charge in [0.25, 0.3) is 0 Å². The Labute approximate surface area is 114 Å². The van der Waals surface area contributed by atoms with Crippen molar-refractivity contribution in [1.29, 1.82) is 0 Å². The highest BCUT2D eigenvalue weighted by Crippen LogP contribution is 2.26. The number of benzene rings is 1. The minimum Gasteiger partial charge on any atom is -0.457 e. The number of rotatable bonds is 6. The van der Waals surface area contributed by atoms with Crippen LogP contribution in [0.25, 0.3) is 0 Å². The van der Waals surface area contributed by atoms with Gasteiger partial charge in [0.05, 0.1) is 0 Å². The van der Waals surface area contributed by atoms with Gasteiger partial charge < -0.3 is 10.1 Å². The zero-order valence-electron chi connectivity index (χ0n) is 11.5. The van der Waals surface area contributed by atoms with Crippen LogP contribution < -0.4 is 10.1 Å². The lowest BCUT2D eigenvalue weighted by Crippen LogP contribution is -2.01. The average Bonchev–Trinajstić information content (AvgIpc) is 2.46. The highest BCUT2D eigenvalue weighted by atomic mass is 16.5. The summed E-state index contributed by atoms with van der Waals surface area (Å²) in [5, 5.41) is 3.26. The Morgan fingerprint density at radius 1 is 1.16 bits per heavy atom. The van der Waals surface area contributed by atoms with E-state index < -0.39 is 0 Å². The fourth-order valence-electron chi connectivity index (χ4n) is 1.85. The third-order valence-corrected chi connectivity index (χ3v) is 2.87. The lowest BCUT2D eigenvalue weighted by molar-refractivity contribution is 0.476. The van der Waals surface area contributed by atoms with E-state index in [1.54, 1.807) is 6.20 Å². The molecular formula is C16H20N2O. The third kappa shape index (κ3) is 3.71. The lowest BCUT2D eigenvalue weighted by Gasteiger charge is -2.11. The second-order valence-electron chi connectivity index (χ2n) is 4.37. The van der Waals surface area contributed by atoms with Gasteiger partial charge >= 0.3 is 0 Å². The van der Waals surface area contributed by atoms with Crippen molar-refractivity contribution in [3.8, 4) is 11.5 Å². The maximum absolute atomic E-state index is 5.94. The predicted molar refractivity (Wildman–Crippen MR) is 78.9 cm³/mol. The van der Waals surface area contributed by atoms with Crippen LogP contribution in [0.1, 0.15) is 25.8 Å². The minimum atomic E-state index is 0.814. The molecule has 0 aliphatic heterocycles. The van der Waals surface area contributed by atoms with Gasteiger partial charge in [-0.25, -0.2) is 4.98 Å². The molecule has 0 atom stereocenters. The molecule has 19 heavy (non-hydrogen) atoms. The van der Waals surface area contributed by atoms with Gasteiger partial charge in [0.15, 0.2) is 0 Å². The molecule has 1 heterocycles. The highest BCUT2D eigenvalue weighted by molar-refractivity contribution is 5.44. The monoisotopic (exact) mass is 256 g/mol. The van der Waals surface area contributed by atoms with Crippen molar-refractivity contribution in [3.63, 3.8) is 0 Å². The van der Waals surface area contributed by atoms with E-state index in [4.69, 9.17) is 4.74 Å². The van der Waals surface area contributed by atoms with Crippen molar-refractivity contribution in [2.45, 2.75) is 26.7 Å². The number of hydrogen-bond acceptors (Lipinski definition) is 3. The number of hydrogen-bond donors (Lipinski definition) is 1. The van der Waals surface area contributed by atoms with Crippen LogP contribution in [-0.4, -0.2) is 11.5 Å². The first-order valence-corrected chi connectivity index (χ1v) is 6.79. The van der Waals surface area contributed by atoms with Crippen molar-refractivity contribution >= 4 is 5.82 Å². The van der Waals surface area contributed by atoms with Crippen molar-refractivity contribution in [3.05, 3.63) is 48.2 Å². The normalized spacial score (nSPS) is 10.2. The Hall–Kier alpha value is -2.03. The maximum Gasteiger partial charge on any atom is 0.132 e. The number of pyridine rings is 1. The van der Waals surface area contributed by atoms with Gasteiger partial charge in [0.1, 0.15) is 17.3 Å². The largest absolute Gasteiger partial charge is 0.457 e. The summed E-state index contributed by atoms with van der Waals surface area (Å²) < 4.78 is 5.94. The van der Waals surface area contributed by atoms with Gasteiger partial charge in [-0.15, -0.1) is 0 Å². The molecule has 1 aromatic heterocycles. The zero-order valence-corrected chi connectivity index (χ0v) is 11.5. The van der Waals surface area contributed by atoms with E-state index in [9.17, 15) is 0 Å². The molecule has 0 radical (unpaired) electrons. The Balaban J connectivity index is 2.14. The van der Waals surface area contributed by atoms with Crippen molar-refractivity contribution in [1.82, 2.24) is 4.98 Å². The van der Waals surface area contributed by atoms with Crippen LogP contribution in [0.3, 0.4) is 0 Å². The van der Waals surface area contributed by atoms with E-state index in [2.05, 4.69) is 30.2 Å². The first kappa shape index (κ1) is 13.4. The van der Waals surface area contributed by atoms with Gasteiger partial charge in [-0.2, -0.15) is 0 Å². The Morgan fingerprint density at radius 2 is 2.00 bits per heavy atom. The summed E-state index contributed by atoms with van der Waals surface area (Å²) in [4.78, 5) is 4.27. The van der Waals surface area contributed by atoms with Crippen molar-refractivity contribution < 1.29 is 4.74 Å². The van der Waals surface area contributed by atoms with Crippen LogP contribution >= 0.6 is 0 Å². The molecule has 1 aromatic carbocycles. The zero-order chi connectivity index (χ0) is 13.5. The molecule has 0 unspecified atom stereocenters. The Kier molecular flexibility index (Phi) is 4.78. The second-order valence-corrected chi connectivity index (χ2v) is 4.37. The Bertz CT molecular complexity index is 526. The standard InChI is InChI=1S/C16H20N2O/c1-3-10-17-16-12-14(9-11-18-16)19-15-8-6-5-7-13(15)4-2/h5-9,11-12H,3-4,10H2,1-2H3,(H,17,18). The van der Waals surface area contributed by atoms with Gasteiger partial charge in [-0.3, -0.25) is 0 Å². The fraction of sp³-hybridized carbons (Fsp3) is 0.312. The second kappa shape index (κ2) is 6.78. The summed E-state index contributed by atoms with van der Waals surface area (Å²) in [6.45, 7) is 5.18. The first-order valence-electron chi connectivity index (χ1n) is 6.79. The summed E-state index contributed by atoms with van der Waals surface area (Å²) >= 11 is 0. The number of ether oxygens (including phenoxy) is 1. The summed E-state index contributed by atoms with van der Waals surface area (Å²) in [5.74, 6) is 2.58. The molecule has 0 bridgehead atoms. The number of anilines is 1. The SMILES string of the molecule is CCCNc1cc(Oc2ccccc2CC)ccn1. The molecular weight excluding hydrogens is 236 g/mol. The lowest BCUT2D eigenvalue weighted by atomic mass is 10.1. The summed E-state index contributed by atoms with van der Waals surface area (Å²) in [5.41, 5.74) is 1.21. The fourth-order valence-corrected chi connectivity index (χ4v) is 1.85. The molecule has 100 valence electrons. The quantitative estimate of drug-likeness (QED) is 0.838. The van der Waals surface area contributed by atoms with E-state index in [0.717, 1.165) is 36.7 Å². The van der Waals surface area contributed by atoms with Crippen molar-refractivity contribution in [2.75, 3.05) is 11.9 Å². The predicted octanol–water partition coefficient (Wildman–Crippen LogP) is 4.26. The molecule has 0 saturated carbocycles. The molecule has 0 amide bonds. The van der Waals surface area contributed by atoms with Crippen LogP contribution in [0.15, 0.2) is 42.6 Å². The van der Waals surface area contributed by atoms with Crippen LogP contribution in [0, 0.1) is 0 Å². The molecule has 0 aliphatic rings.